The first kappa shape index (κ1) is 31.9. The van der Waals surface area contributed by atoms with E-state index in [2.05, 4.69) is 126 Å². The fourth-order valence-corrected chi connectivity index (χ4v) is 9.66. The Bertz CT molecular complexity index is 3530. The van der Waals surface area contributed by atoms with Gasteiger partial charge < -0.3 is 8.98 Å². The zero-order valence-electron chi connectivity index (χ0n) is 30.4. The number of aromatic nitrogens is 4. The monoisotopic (exact) mass is 746 g/mol. The normalized spacial score (nSPS) is 11.9. The summed E-state index contributed by atoms with van der Waals surface area (Å²) in [5, 5.41) is 6.98. The van der Waals surface area contributed by atoms with Gasteiger partial charge in [-0.25, -0.2) is 15.0 Å². The van der Waals surface area contributed by atoms with Crippen LogP contribution in [0, 0.1) is 0 Å². The average molecular weight is 747 g/mol. The molecule has 4 heterocycles. The summed E-state index contributed by atoms with van der Waals surface area (Å²) in [4.78, 5) is 15.3. The van der Waals surface area contributed by atoms with Gasteiger partial charge in [0.2, 0.25) is 0 Å². The minimum atomic E-state index is 0.616. The van der Waals surface area contributed by atoms with Crippen molar-refractivity contribution in [1.82, 2.24) is 19.5 Å². The van der Waals surface area contributed by atoms with Crippen LogP contribution in [0.2, 0.25) is 0 Å². The third kappa shape index (κ3) is 5.04. The van der Waals surface area contributed by atoms with Crippen LogP contribution in [0.3, 0.4) is 0 Å². The van der Waals surface area contributed by atoms with E-state index in [9.17, 15) is 0 Å². The second-order valence-corrected chi connectivity index (χ2v) is 15.4. The van der Waals surface area contributed by atoms with Gasteiger partial charge in [-0.1, -0.05) is 121 Å². The van der Waals surface area contributed by atoms with Crippen molar-refractivity contribution >= 4 is 75.3 Å². The first-order chi connectivity index (χ1) is 28.2. The molecule has 12 rings (SSSR count). The highest BCUT2D eigenvalue weighted by Gasteiger charge is 2.20. The lowest BCUT2D eigenvalue weighted by molar-refractivity contribution is 0.669. The Morgan fingerprint density at radius 3 is 1.81 bits per heavy atom. The van der Waals surface area contributed by atoms with E-state index in [0.29, 0.717) is 17.5 Å². The molecule has 0 saturated heterocycles. The Kier molecular flexibility index (Phi) is 7.03. The number of rotatable bonds is 5. The molecule has 5 nitrogen and oxygen atoms in total. The molecule has 8 aromatic carbocycles. The van der Waals surface area contributed by atoms with E-state index in [1.165, 1.54) is 53.1 Å². The number of nitrogens with zero attached hydrogens (tertiary/aromatic N) is 4. The van der Waals surface area contributed by atoms with Gasteiger partial charge in [-0.15, -0.1) is 11.3 Å². The maximum Gasteiger partial charge on any atom is 0.164 e. The van der Waals surface area contributed by atoms with E-state index in [-0.39, 0.29) is 0 Å². The van der Waals surface area contributed by atoms with Crippen LogP contribution in [-0.2, 0) is 0 Å². The molecule has 0 amide bonds. The molecule has 0 fully saturated rings. The van der Waals surface area contributed by atoms with E-state index in [4.69, 9.17) is 19.4 Å². The Hall–Kier alpha value is -7.41. The molecule has 0 atom stereocenters. The van der Waals surface area contributed by atoms with Crippen molar-refractivity contribution in [3.05, 3.63) is 182 Å². The number of thiophene rings is 1. The largest absolute Gasteiger partial charge is 0.456 e. The quantitative estimate of drug-likeness (QED) is 0.176. The summed E-state index contributed by atoms with van der Waals surface area (Å²) in [5.74, 6) is 1.88. The molecular formula is C51H30N4OS. The van der Waals surface area contributed by atoms with Crippen molar-refractivity contribution in [2.45, 2.75) is 0 Å². The lowest BCUT2D eigenvalue weighted by Crippen LogP contribution is -2.00. The van der Waals surface area contributed by atoms with Crippen LogP contribution in [0.25, 0.3) is 115 Å². The maximum atomic E-state index is 6.14. The van der Waals surface area contributed by atoms with E-state index >= 15 is 0 Å². The summed E-state index contributed by atoms with van der Waals surface area (Å²) in [7, 11) is 0. The maximum absolute atomic E-state index is 6.14. The number of benzene rings is 8. The third-order valence-corrected chi connectivity index (χ3v) is 12.3. The van der Waals surface area contributed by atoms with Crippen molar-refractivity contribution in [3.8, 4) is 51.0 Å². The molecule has 0 unspecified atom stereocenters. The van der Waals surface area contributed by atoms with Gasteiger partial charge >= 0.3 is 0 Å². The van der Waals surface area contributed by atoms with Crippen LogP contribution in [0.15, 0.2) is 186 Å². The first-order valence-electron chi connectivity index (χ1n) is 19.0. The molecule has 266 valence electrons. The smallest absolute Gasteiger partial charge is 0.164 e. The SMILES string of the molecule is c1ccc(-c2nc(-c3ccc4oc5ccccc5c4c3)nc(-c3ccc4sc5c(-c6cccc7c8ccccc8n(-c8ccccc8)c67)cccc5c4c3)n2)cc1. The van der Waals surface area contributed by atoms with E-state index in [1.807, 2.05) is 72.0 Å². The van der Waals surface area contributed by atoms with Crippen LogP contribution in [-0.4, -0.2) is 19.5 Å². The molecule has 4 aromatic heterocycles. The van der Waals surface area contributed by atoms with E-state index in [0.717, 1.165) is 44.3 Å². The highest BCUT2D eigenvalue weighted by molar-refractivity contribution is 7.26. The van der Waals surface area contributed by atoms with Crippen LogP contribution in [0.4, 0.5) is 0 Å². The topological polar surface area (TPSA) is 56.7 Å². The Morgan fingerprint density at radius 2 is 1.00 bits per heavy atom. The number of hydrogen-bond acceptors (Lipinski definition) is 5. The molecule has 6 heteroatoms. The molecule has 0 aliphatic carbocycles. The van der Waals surface area contributed by atoms with Gasteiger partial charge in [-0.2, -0.15) is 0 Å². The molecule has 0 spiro atoms. The van der Waals surface area contributed by atoms with Crippen LogP contribution >= 0.6 is 11.3 Å². The zero-order chi connectivity index (χ0) is 37.5. The van der Waals surface area contributed by atoms with Crippen molar-refractivity contribution in [3.63, 3.8) is 0 Å². The zero-order valence-corrected chi connectivity index (χ0v) is 31.2. The van der Waals surface area contributed by atoms with Gasteiger partial charge in [0.1, 0.15) is 11.2 Å². The summed E-state index contributed by atoms with van der Waals surface area (Å²) in [6, 6.07) is 63.9. The summed E-state index contributed by atoms with van der Waals surface area (Å²) in [5.41, 5.74) is 10.5. The van der Waals surface area contributed by atoms with E-state index < -0.39 is 0 Å². The lowest BCUT2D eigenvalue weighted by Gasteiger charge is -2.12. The predicted molar refractivity (Wildman–Crippen MR) is 236 cm³/mol. The molecule has 0 aliphatic heterocycles. The standard InChI is InChI=1S/C51H30N4OS/c1-3-13-31(14-4-1)49-52-50(32-25-27-45-41(29-32)36-18-8-10-24-44(36)56-45)54-51(53-49)33-26-28-46-42(30-33)40-22-12-21-39(48(40)57-46)38-20-11-19-37-35-17-7-9-23-43(35)55(47(37)38)34-15-5-2-6-16-34/h1-30H. The minimum absolute atomic E-state index is 0.616. The summed E-state index contributed by atoms with van der Waals surface area (Å²) in [6.45, 7) is 0. The second-order valence-electron chi connectivity index (χ2n) is 14.4. The Labute approximate surface area is 330 Å². The summed E-state index contributed by atoms with van der Waals surface area (Å²) < 4.78 is 11.0. The fourth-order valence-electron chi connectivity index (χ4n) is 8.45. The molecule has 0 saturated carbocycles. The molecule has 0 aliphatic rings. The fraction of sp³-hybridized carbons (Fsp3) is 0. The molecule has 0 bridgehead atoms. The number of fused-ring (bicyclic) bond motifs is 9. The van der Waals surface area contributed by atoms with Gasteiger partial charge in [0, 0.05) is 75.2 Å². The number of para-hydroxylation sites is 4. The van der Waals surface area contributed by atoms with Gasteiger partial charge in [-0.05, 0) is 60.7 Å². The van der Waals surface area contributed by atoms with Crippen molar-refractivity contribution in [1.29, 1.82) is 0 Å². The predicted octanol–water partition coefficient (Wildman–Crippen LogP) is 13.9. The molecular weight excluding hydrogens is 717 g/mol. The molecule has 57 heavy (non-hydrogen) atoms. The van der Waals surface area contributed by atoms with Crippen LogP contribution in [0.5, 0.6) is 0 Å². The summed E-state index contributed by atoms with van der Waals surface area (Å²) >= 11 is 1.84. The third-order valence-electron chi connectivity index (χ3n) is 11.1. The highest BCUT2D eigenvalue weighted by atomic mass is 32.1. The lowest BCUT2D eigenvalue weighted by atomic mass is 9.99. The Balaban J connectivity index is 1.04. The minimum Gasteiger partial charge on any atom is -0.456 e. The highest BCUT2D eigenvalue weighted by Crippen LogP contribution is 2.45. The van der Waals surface area contributed by atoms with E-state index in [1.54, 1.807) is 0 Å². The van der Waals surface area contributed by atoms with Gasteiger partial charge in [0.15, 0.2) is 17.5 Å². The molecule has 12 aromatic rings. The molecule has 0 radical (unpaired) electrons. The Morgan fingerprint density at radius 1 is 0.404 bits per heavy atom. The van der Waals surface area contributed by atoms with Gasteiger partial charge in [0.25, 0.3) is 0 Å². The van der Waals surface area contributed by atoms with Crippen LogP contribution in [0.1, 0.15) is 0 Å². The van der Waals surface area contributed by atoms with Gasteiger partial charge in [0.05, 0.1) is 11.0 Å². The van der Waals surface area contributed by atoms with Crippen molar-refractivity contribution in [2.75, 3.05) is 0 Å². The summed E-state index contributed by atoms with van der Waals surface area (Å²) in [6.07, 6.45) is 0. The first-order valence-corrected chi connectivity index (χ1v) is 19.8. The molecule has 0 N–H and O–H groups in total. The number of furan rings is 1. The van der Waals surface area contributed by atoms with Gasteiger partial charge in [-0.3, -0.25) is 0 Å². The second kappa shape index (κ2) is 12.6. The number of hydrogen-bond donors (Lipinski definition) is 0. The van der Waals surface area contributed by atoms with Crippen LogP contribution < -0.4 is 0 Å². The average Bonchev–Trinajstić information content (AvgIpc) is 3.96. The van der Waals surface area contributed by atoms with Crippen molar-refractivity contribution < 1.29 is 4.42 Å². The van der Waals surface area contributed by atoms with Crippen molar-refractivity contribution in [2.24, 2.45) is 0 Å².